The Kier molecular flexibility index (Phi) is 4.66. The second kappa shape index (κ2) is 7.48. The van der Waals surface area contributed by atoms with Crippen molar-refractivity contribution >= 4 is 11.6 Å². The van der Waals surface area contributed by atoms with Gasteiger partial charge < -0.3 is 15.5 Å². The van der Waals surface area contributed by atoms with Gasteiger partial charge in [-0.1, -0.05) is 48.6 Å². The van der Waals surface area contributed by atoms with Gasteiger partial charge in [0.15, 0.2) is 0 Å². The van der Waals surface area contributed by atoms with Crippen LogP contribution in [0.15, 0.2) is 78.5 Å². The van der Waals surface area contributed by atoms with Crippen molar-refractivity contribution in [3.63, 3.8) is 0 Å². The van der Waals surface area contributed by atoms with E-state index in [4.69, 9.17) is 0 Å². The molecule has 152 valence electrons. The summed E-state index contributed by atoms with van der Waals surface area (Å²) in [5.74, 6) is -0.0870. The third-order valence-electron chi connectivity index (χ3n) is 6.23. The highest BCUT2D eigenvalue weighted by Crippen LogP contribution is 2.36. The summed E-state index contributed by atoms with van der Waals surface area (Å²) >= 11 is 0. The molecule has 30 heavy (non-hydrogen) atoms. The summed E-state index contributed by atoms with van der Waals surface area (Å²) in [6.45, 7) is 3.40. The summed E-state index contributed by atoms with van der Waals surface area (Å²) in [5.41, 5.74) is 5.45. The zero-order chi connectivity index (χ0) is 20.7. The van der Waals surface area contributed by atoms with E-state index in [1.807, 2.05) is 23.1 Å². The summed E-state index contributed by atoms with van der Waals surface area (Å²) in [4.78, 5) is 14.2. The molecule has 5 heteroatoms. The van der Waals surface area contributed by atoms with Crippen molar-refractivity contribution in [1.29, 1.82) is 0 Å². The third kappa shape index (κ3) is 3.30. The molecule has 2 amide bonds. The van der Waals surface area contributed by atoms with Crippen LogP contribution in [0.4, 0.5) is 9.18 Å². The third-order valence-corrected chi connectivity index (χ3v) is 6.23. The van der Waals surface area contributed by atoms with Gasteiger partial charge in [-0.15, -0.1) is 0 Å². The first-order valence-electron chi connectivity index (χ1n) is 10.3. The quantitative estimate of drug-likeness (QED) is 0.804. The van der Waals surface area contributed by atoms with E-state index < -0.39 is 0 Å². The van der Waals surface area contributed by atoms with Gasteiger partial charge in [-0.05, 0) is 53.5 Å². The Bertz CT molecular complexity index is 1090. The zero-order valence-electron chi connectivity index (χ0n) is 16.8. The van der Waals surface area contributed by atoms with Crippen LogP contribution in [-0.2, 0) is 6.54 Å². The van der Waals surface area contributed by atoms with Gasteiger partial charge in [0.05, 0.1) is 6.04 Å². The van der Waals surface area contributed by atoms with Gasteiger partial charge in [-0.2, -0.15) is 0 Å². The number of urea groups is 1. The predicted octanol–water partition coefficient (Wildman–Crippen LogP) is 4.33. The van der Waals surface area contributed by atoms with E-state index in [0.717, 1.165) is 16.8 Å². The Balaban J connectivity index is 1.43. The smallest absolute Gasteiger partial charge is 0.318 e. The van der Waals surface area contributed by atoms with Crippen LogP contribution >= 0.6 is 0 Å². The lowest BCUT2D eigenvalue weighted by molar-refractivity contribution is 0.191. The number of allylic oxidation sites excluding steroid dienone is 3. The molecule has 0 aromatic heterocycles. The number of carbonyl (C=O) groups excluding carboxylic acids is 1. The molecule has 0 aliphatic carbocycles. The normalized spacial score (nSPS) is 25.2. The maximum atomic E-state index is 13.6. The minimum absolute atomic E-state index is 0.0131. The highest BCUT2D eigenvalue weighted by Gasteiger charge is 2.40. The Labute approximate surface area is 175 Å². The second-order valence-electron chi connectivity index (χ2n) is 8.09. The van der Waals surface area contributed by atoms with Gasteiger partial charge in [0.25, 0.3) is 0 Å². The van der Waals surface area contributed by atoms with Crippen LogP contribution < -0.4 is 10.6 Å². The Morgan fingerprint density at radius 2 is 2.00 bits per heavy atom. The molecule has 2 unspecified atom stereocenters. The number of hydrogen-bond acceptors (Lipinski definition) is 2. The fourth-order valence-electron chi connectivity index (χ4n) is 4.72. The lowest BCUT2D eigenvalue weighted by atomic mass is 9.83. The number of carbonyl (C=O) groups is 1. The first-order valence-corrected chi connectivity index (χ1v) is 10.3. The zero-order valence-corrected chi connectivity index (χ0v) is 16.8. The van der Waals surface area contributed by atoms with Crippen molar-refractivity contribution in [3.05, 3.63) is 101 Å². The van der Waals surface area contributed by atoms with Gasteiger partial charge >= 0.3 is 6.03 Å². The van der Waals surface area contributed by atoms with E-state index >= 15 is 0 Å². The molecular formula is C25H24FN3O. The molecule has 3 aliphatic rings. The van der Waals surface area contributed by atoms with Gasteiger partial charge in [0.2, 0.25) is 0 Å². The summed E-state index contributed by atoms with van der Waals surface area (Å²) in [5, 5.41) is 6.49. The molecule has 3 heterocycles. The van der Waals surface area contributed by atoms with E-state index in [1.165, 1.54) is 17.2 Å². The number of benzene rings is 2. The molecule has 0 spiro atoms. The topological polar surface area (TPSA) is 44.4 Å². The molecule has 2 aromatic rings. The molecule has 1 saturated heterocycles. The van der Waals surface area contributed by atoms with Gasteiger partial charge in [0.1, 0.15) is 5.82 Å². The lowest BCUT2D eigenvalue weighted by Crippen LogP contribution is -2.41. The van der Waals surface area contributed by atoms with Crippen molar-refractivity contribution < 1.29 is 9.18 Å². The fraction of sp³-hybridized carbons (Fsp3) is 0.240. The number of halogens is 1. The van der Waals surface area contributed by atoms with E-state index in [1.54, 1.807) is 12.1 Å². The van der Waals surface area contributed by atoms with Crippen molar-refractivity contribution in [2.24, 2.45) is 0 Å². The summed E-state index contributed by atoms with van der Waals surface area (Å²) in [7, 11) is 0. The van der Waals surface area contributed by atoms with Crippen LogP contribution in [0.1, 0.15) is 29.5 Å². The van der Waals surface area contributed by atoms with Crippen LogP contribution in [-0.4, -0.2) is 29.6 Å². The van der Waals surface area contributed by atoms with Gasteiger partial charge in [-0.3, -0.25) is 0 Å². The van der Waals surface area contributed by atoms with Crippen LogP contribution in [0.3, 0.4) is 0 Å². The number of dihydropyridines is 1. The SMILES string of the molecule is CC1NC(/C=C/C2c3ccccc3CN3C(=O)NC[C@H]23)=CC=C1c1cccc(F)c1. The number of fused-ring (bicyclic) bond motifs is 2. The number of amides is 2. The van der Waals surface area contributed by atoms with Crippen molar-refractivity contribution in [1.82, 2.24) is 15.5 Å². The highest BCUT2D eigenvalue weighted by atomic mass is 19.1. The standard InChI is InChI=1S/C25H24FN3O/c1-16-21(17-6-4-7-19(26)13-17)11-9-20(28-16)10-12-23-22-8-3-2-5-18(22)15-29-24(23)14-27-25(29)30/h2-13,16,23-24,28H,14-15H2,1H3,(H,27,30)/b12-10+/t16?,23?,24-/m1/s1. The van der Waals surface area contributed by atoms with Crippen LogP contribution in [0.5, 0.6) is 0 Å². The summed E-state index contributed by atoms with van der Waals surface area (Å²) in [6, 6.07) is 15.3. The van der Waals surface area contributed by atoms with Gasteiger partial charge in [-0.25, -0.2) is 9.18 Å². The second-order valence-corrected chi connectivity index (χ2v) is 8.09. The van der Waals surface area contributed by atoms with Crippen molar-refractivity contribution in [2.45, 2.75) is 31.5 Å². The van der Waals surface area contributed by atoms with Crippen molar-refractivity contribution in [2.75, 3.05) is 6.54 Å². The summed E-state index contributed by atoms with van der Waals surface area (Å²) < 4.78 is 13.6. The maximum absolute atomic E-state index is 13.6. The lowest BCUT2D eigenvalue weighted by Gasteiger charge is -2.36. The average Bonchev–Trinajstić information content (AvgIpc) is 3.11. The molecular weight excluding hydrogens is 377 g/mol. The molecule has 2 N–H and O–H groups in total. The predicted molar refractivity (Wildman–Crippen MR) is 116 cm³/mol. The fourth-order valence-corrected chi connectivity index (χ4v) is 4.72. The number of rotatable bonds is 3. The molecule has 0 saturated carbocycles. The Morgan fingerprint density at radius 1 is 1.13 bits per heavy atom. The summed E-state index contributed by atoms with van der Waals surface area (Å²) in [6.07, 6.45) is 8.38. The maximum Gasteiger partial charge on any atom is 0.318 e. The number of hydrogen-bond donors (Lipinski definition) is 2. The molecule has 3 aliphatic heterocycles. The monoisotopic (exact) mass is 401 g/mol. The highest BCUT2D eigenvalue weighted by molar-refractivity contribution is 5.78. The minimum atomic E-state index is -0.226. The van der Waals surface area contributed by atoms with Crippen molar-refractivity contribution in [3.8, 4) is 0 Å². The molecule has 1 fully saturated rings. The first-order chi connectivity index (χ1) is 14.6. The molecule has 2 aromatic carbocycles. The number of nitrogens with one attached hydrogen (secondary N) is 2. The largest absolute Gasteiger partial charge is 0.379 e. The number of nitrogens with zero attached hydrogens (tertiary/aromatic N) is 1. The minimum Gasteiger partial charge on any atom is -0.379 e. The Morgan fingerprint density at radius 3 is 2.83 bits per heavy atom. The van der Waals surface area contributed by atoms with Crippen LogP contribution in [0, 0.1) is 5.82 Å². The Hall–Kier alpha value is -3.34. The van der Waals surface area contributed by atoms with E-state index in [-0.39, 0.29) is 29.8 Å². The van der Waals surface area contributed by atoms with Crippen LogP contribution in [0.25, 0.3) is 5.57 Å². The first kappa shape index (κ1) is 18.7. The van der Waals surface area contributed by atoms with Gasteiger partial charge in [0, 0.05) is 30.7 Å². The molecule has 0 bridgehead atoms. The van der Waals surface area contributed by atoms with E-state index in [0.29, 0.717) is 13.1 Å². The molecule has 0 radical (unpaired) electrons. The van der Waals surface area contributed by atoms with E-state index in [9.17, 15) is 9.18 Å². The average molecular weight is 401 g/mol. The molecule has 5 rings (SSSR count). The molecule has 3 atom stereocenters. The molecule has 4 nitrogen and oxygen atoms in total. The van der Waals surface area contributed by atoms with E-state index in [2.05, 4.69) is 54.0 Å². The van der Waals surface area contributed by atoms with Crippen LogP contribution in [0.2, 0.25) is 0 Å².